The highest BCUT2D eigenvalue weighted by Crippen LogP contribution is 2.34. The Hall–Kier alpha value is -3.79. The Morgan fingerprint density at radius 3 is 2.03 bits per heavy atom. The lowest BCUT2D eigenvalue weighted by atomic mass is 10.0. The second-order valence-electron chi connectivity index (χ2n) is 6.59. The van der Waals surface area contributed by atoms with Crippen molar-refractivity contribution in [3.8, 4) is 22.5 Å². The number of amidine groups is 1. The normalized spacial score (nSPS) is 14.5. The molecule has 0 unspecified atom stereocenters. The molecule has 1 aliphatic heterocycles. The lowest BCUT2D eigenvalue weighted by Gasteiger charge is -2.26. The van der Waals surface area contributed by atoms with Crippen LogP contribution in [0.5, 0.6) is 0 Å². The Balaban J connectivity index is 1.97. The van der Waals surface area contributed by atoms with E-state index < -0.39 is 22.7 Å². The van der Waals surface area contributed by atoms with Gasteiger partial charge in [-0.15, -0.1) is 4.40 Å². The smallest absolute Gasteiger partial charge is 0.348 e. The minimum absolute atomic E-state index is 0.0703. The average molecular weight is 437 g/mol. The fraction of sp³-hybridized carbons (Fsp3) is 0.143. The third kappa shape index (κ3) is 3.97. The highest BCUT2D eigenvalue weighted by atomic mass is 32.2. The molecule has 0 amide bonds. The van der Waals surface area contributed by atoms with Gasteiger partial charge >= 0.3 is 16.2 Å². The Kier molecular flexibility index (Phi) is 5.38. The molecule has 9 nitrogen and oxygen atoms in total. The van der Waals surface area contributed by atoms with Gasteiger partial charge in [0.1, 0.15) is 6.54 Å². The number of nitrogens with zero attached hydrogens (tertiary/aromatic N) is 4. The summed E-state index contributed by atoms with van der Waals surface area (Å²) in [5.74, 6) is -1.10. The van der Waals surface area contributed by atoms with Gasteiger partial charge in [-0.1, -0.05) is 60.7 Å². The molecule has 3 aromatic rings. The van der Waals surface area contributed by atoms with Crippen LogP contribution in [0.15, 0.2) is 65.1 Å². The summed E-state index contributed by atoms with van der Waals surface area (Å²) in [7, 11) is -4.28. The molecule has 4 rings (SSSR count). The first-order chi connectivity index (χ1) is 14.9. The van der Waals surface area contributed by atoms with Crippen molar-refractivity contribution in [2.24, 2.45) is 10.1 Å². The monoisotopic (exact) mass is 437 g/mol. The van der Waals surface area contributed by atoms with E-state index in [1.807, 2.05) is 60.7 Å². The summed E-state index contributed by atoms with van der Waals surface area (Å²) in [5.41, 5.74) is 8.48. The molecule has 0 aliphatic carbocycles. The number of ether oxygens (including phenoxy) is 1. The lowest BCUT2D eigenvalue weighted by molar-refractivity contribution is -0.141. The number of hydrogen-bond donors (Lipinski definition) is 1. The third-order valence-electron chi connectivity index (χ3n) is 4.52. The van der Waals surface area contributed by atoms with Crippen LogP contribution in [-0.4, -0.2) is 43.3 Å². The van der Waals surface area contributed by atoms with Crippen molar-refractivity contribution < 1.29 is 17.9 Å². The van der Waals surface area contributed by atoms with Crippen LogP contribution in [0.2, 0.25) is 0 Å². The lowest BCUT2D eigenvalue weighted by Crippen LogP contribution is -2.42. The molecule has 1 aromatic heterocycles. The maximum absolute atomic E-state index is 12.7. The fourth-order valence-corrected chi connectivity index (χ4v) is 4.22. The van der Waals surface area contributed by atoms with Gasteiger partial charge in [0.25, 0.3) is 0 Å². The molecule has 158 valence electrons. The number of esters is 1. The number of rotatable bonds is 5. The van der Waals surface area contributed by atoms with Crippen LogP contribution in [0.3, 0.4) is 0 Å². The molecule has 31 heavy (non-hydrogen) atoms. The summed E-state index contributed by atoms with van der Waals surface area (Å²) in [4.78, 5) is 21.3. The molecule has 0 atom stereocenters. The summed E-state index contributed by atoms with van der Waals surface area (Å²) < 4.78 is 34.6. The predicted molar refractivity (Wildman–Crippen MR) is 117 cm³/mol. The Bertz CT molecular complexity index is 1260. The molecule has 0 saturated heterocycles. The first-order valence-electron chi connectivity index (χ1n) is 9.47. The molecule has 1 aliphatic rings. The van der Waals surface area contributed by atoms with E-state index >= 15 is 0 Å². The first kappa shape index (κ1) is 20.5. The van der Waals surface area contributed by atoms with Crippen LogP contribution in [0.25, 0.3) is 22.5 Å². The van der Waals surface area contributed by atoms with Crippen molar-refractivity contribution in [3.63, 3.8) is 0 Å². The number of nitrogens with two attached hydrogens (primary N) is 1. The van der Waals surface area contributed by atoms with Crippen LogP contribution >= 0.6 is 0 Å². The molecule has 2 aromatic carbocycles. The molecule has 0 fully saturated rings. The predicted octanol–water partition coefficient (Wildman–Crippen LogP) is 2.14. The topological polar surface area (TPSA) is 128 Å². The number of hydrogen-bond acceptors (Lipinski definition) is 7. The van der Waals surface area contributed by atoms with E-state index in [4.69, 9.17) is 10.5 Å². The zero-order valence-corrected chi connectivity index (χ0v) is 17.4. The molecule has 0 saturated carbocycles. The maximum atomic E-state index is 12.7. The van der Waals surface area contributed by atoms with Gasteiger partial charge in [0, 0.05) is 11.1 Å². The van der Waals surface area contributed by atoms with Gasteiger partial charge in [-0.05, 0) is 6.92 Å². The van der Waals surface area contributed by atoms with Crippen molar-refractivity contribution >= 4 is 27.8 Å². The molecule has 2 heterocycles. The summed E-state index contributed by atoms with van der Waals surface area (Å²) in [6.07, 6.45) is 0. The third-order valence-corrected chi connectivity index (χ3v) is 5.81. The van der Waals surface area contributed by atoms with E-state index in [-0.39, 0.29) is 24.0 Å². The molecule has 10 heteroatoms. The molecular weight excluding hydrogens is 418 g/mol. The number of aromatic nitrogens is 2. The molecule has 0 bridgehead atoms. The summed E-state index contributed by atoms with van der Waals surface area (Å²) >= 11 is 0. The van der Waals surface area contributed by atoms with Gasteiger partial charge in [0.15, 0.2) is 17.3 Å². The van der Waals surface area contributed by atoms with E-state index in [2.05, 4.69) is 14.4 Å². The maximum Gasteiger partial charge on any atom is 0.348 e. The molecule has 2 N–H and O–H groups in total. The van der Waals surface area contributed by atoms with Gasteiger partial charge in [0.05, 0.1) is 18.0 Å². The Morgan fingerprint density at radius 2 is 1.48 bits per heavy atom. The minimum atomic E-state index is -4.28. The van der Waals surface area contributed by atoms with E-state index in [1.54, 1.807) is 6.92 Å². The van der Waals surface area contributed by atoms with E-state index in [1.165, 1.54) is 0 Å². The van der Waals surface area contributed by atoms with Gasteiger partial charge in [-0.3, -0.25) is 4.79 Å². The van der Waals surface area contributed by atoms with Crippen molar-refractivity contribution in [1.29, 1.82) is 0 Å². The highest BCUT2D eigenvalue weighted by molar-refractivity contribution is 7.91. The van der Waals surface area contributed by atoms with Gasteiger partial charge in [-0.2, -0.15) is 8.42 Å². The van der Waals surface area contributed by atoms with Gasteiger partial charge in [-0.25, -0.2) is 14.3 Å². The standard InChI is InChI=1S/C21H19N5O4S/c1-2-30-16(27)13-26-21-19(20(22)25-31(26,28)29)23-17(14-9-5-3-6-10-14)18(24-21)15-11-7-4-8-12-15/h3-12H,2,13H2,1H3,(H2,22,25). The van der Waals surface area contributed by atoms with E-state index in [9.17, 15) is 13.2 Å². The van der Waals surface area contributed by atoms with E-state index in [0.29, 0.717) is 11.4 Å². The quantitative estimate of drug-likeness (QED) is 0.606. The zero-order valence-electron chi connectivity index (χ0n) is 16.6. The second-order valence-corrected chi connectivity index (χ2v) is 8.11. The minimum Gasteiger partial charge on any atom is -0.465 e. The SMILES string of the molecule is CCOC(=O)CN1c2nc(-c3ccccc3)c(-c3ccccc3)nc2C(N)=NS1(=O)=O. The Morgan fingerprint density at radius 1 is 0.935 bits per heavy atom. The van der Waals surface area contributed by atoms with Crippen LogP contribution in [0.1, 0.15) is 12.6 Å². The van der Waals surface area contributed by atoms with Gasteiger partial charge in [0.2, 0.25) is 0 Å². The van der Waals surface area contributed by atoms with Gasteiger partial charge < -0.3 is 10.5 Å². The zero-order chi connectivity index (χ0) is 22.0. The Labute approximate surface area is 179 Å². The van der Waals surface area contributed by atoms with Crippen molar-refractivity contribution in [2.45, 2.75) is 6.92 Å². The second kappa shape index (κ2) is 8.15. The highest BCUT2D eigenvalue weighted by Gasteiger charge is 2.36. The summed E-state index contributed by atoms with van der Waals surface area (Å²) in [6, 6.07) is 18.6. The molecular formula is C21H19N5O4S. The summed E-state index contributed by atoms with van der Waals surface area (Å²) in [6.45, 7) is 1.15. The molecule has 0 spiro atoms. The number of fused-ring (bicyclic) bond motifs is 1. The van der Waals surface area contributed by atoms with Crippen LogP contribution < -0.4 is 10.0 Å². The number of carbonyl (C=O) groups is 1. The van der Waals surface area contributed by atoms with Crippen LogP contribution in [0.4, 0.5) is 5.82 Å². The first-order valence-corrected chi connectivity index (χ1v) is 10.9. The molecule has 0 radical (unpaired) electrons. The van der Waals surface area contributed by atoms with Crippen LogP contribution in [0, 0.1) is 0 Å². The fourth-order valence-electron chi connectivity index (χ4n) is 3.17. The van der Waals surface area contributed by atoms with Crippen molar-refractivity contribution in [1.82, 2.24) is 9.97 Å². The average Bonchev–Trinajstić information content (AvgIpc) is 2.77. The van der Waals surface area contributed by atoms with Crippen molar-refractivity contribution in [3.05, 3.63) is 66.4 Å². The van der Waals surface area contributed by atoms with E-state index in [0.717, 1.165) is 15.4 Å². The number of anilines is 1. The van der Waals surface area contributed by atoms with Crippen LogP contribution in [-0.2, 0) is 19.7 Å². The number of benzene rings is 2. The largest absolute Gasteiger partial charge is 0.465 e. The van der Waals surface area contributed by atoms with Crippen molar-refractivity contribution in [2.75, 3.05) is 17.5 Å². The number of carbonyl (C=O) groups excluding carboxylic acids is 1. The summed E-state index contributed by atoms with van der Waals surface area (Å²) in [5, 5.41) is 0.